The van der Waals surface area contributed by atoms with Gasteiger partial charge in [-0.2, -0.15) is 0 Å². The molecular weight excluding hydrogens is 238 g/mol. The van der Waals surface area contributed by atoms with Crippen molar-refractivity contribution in [2.24, 2.45) is 5.92 Å². The number of nitrogens with zero attached hydrogens (tertiary/aromatic N) is 2. The van der Waals surface area contributed by atoms with Crippen molar-refractivity contribution in [1.29, 1.82) is 0 Å². The van der Waals surface area contributed by atoms with Gasteiger partial charge in [-0.25, -0.2) is 0 Å². The van der Waals surface area contributed by atoms with Gasteiger partial charge in [0.05, 0.1) is 6.54 Å². The van der Waals surface area contributed by atoms with E-state index in [1.807, 2.05) is 4.90 Å². The van der Waals surface area contributed by atoms with Gasteiger partial charge in [0.2, 0.25) is 5.91 Å². The number of carbonyl (C=O) groups excluding carboxylic acids is 1. The Morgan fingerprint density at radius 3 is 2.47 bits per heavy atom. The van der Waals surface area contributed by atoms with Crippen LogP contribution in [-0.4, -0.2) is 62.0 Å². The highest BCUT2D eigenvalue weighted by Gasteiger charge is 2.18. The smallest absolute Gasteiger partial charge is 0.236 e. The summed E-state index contributed by atoms with van der Waals surface area (Å²) in [5.74, 6) is 0.993. The van der Waals surface area contributed by atoms with Crippen molar-refractivity contribution < 1.29 is 4.79 Å². The number of piperidine rings is 1. The molecule has 1 amide bonds. The molecule has 1 N–H and O–H groups in total. The molecule has 0 spiro atoms. The molecule has 19 heavy (non-hydrogen) atoms. The molecule has 1 saturated heterocycles. The summed E-state index contributed by atoms with van der Waals surface area (Å²) in [5.41, 5.74) is 0. The average molecular weight is 269 g/mol. The van der Waals surface area contributed by atoms with Crippen molar-refractivity contribution in [1.82, 2.24) is 15.1 Å². The third-order valence-corrected chi connectivity index (χ3v) is 3.71. The minimum absolute atomic E-state index is 0.287. The van der Waals surface area contributed by atoms with Crippen molar-refractivity contribution in [3.8, 4) is 0 Å². The molecule has 0 aromatic rings. The summed E-state index contributed by atoms with van der Waals surface area (Å²) in [4.78, 5) is 16.4. The van der Waals surface area contributed by atoms with Gasteiger partial charge in [-0.3, -0.25) is 9.69 Å². The number of hydrogen-bond donors (Lipinski definition) is 1. The molecule has 0 bridgehead atoms. The number of nitrogens with one attached hydrogen (secondary N) is 1. The van der Waals surface area contributed by atoms with Gasteiger partial charge in [0.15, 0.2) is 0 Å². The highest BCUT2D eigenvalue weighted by molar-refractivity contribution is 5.78. The predicted octanol–water partition coefficient (Wildman–Crippen LogP) is 1.57. The van der Waals surface area contributed by atoms with Gasteiger partial charge in [-0.15, -0.1) is 0 Å². The Morgan fingerprint density at radius 2 is 1.95 bits per heavy atom. The Balaban J connectivity index is 2.31. The van der Waals surface area contributed by atoms with Crippen LogP contribution >= 0.6 is 0 Å². The van der Waals surface area contributed by atoms with Crippen LogP contribution in [-0.2, 0) is 4.79 Å². The standard InChI is InChI=1S/C15H31N3O/c1-4-9-18(10-5-2)15(19)13-17(3)12-14-7-6-8-16-11-14/h14,16H,4-13H2,1-3H3. The molecule has 4 nitrogen and oxygen atoms in total. The first-order chi connectivity index (χ1) is 9.17. The first-order valence-electron chi connectivity index (χ1n) is 7.84. The van der Waals surface area contributed by atoms with Gasteiger partial charge < -0.3 is 10.2 Å². The fourth-order valence-electron chi connectivity index (χ4n) is 2.82. The first kappa shape index (κ1) is 16.4. The Kier molecular flexibility index (Phi) is 8.07. The molecule has 1 rings (SSSR count). The van der Waals surface area contributed by atoms with E-state index in [1.165, 1.54) is 12.8 Å². The van der Waals surface area contributed by atoms with E-state index in [-0.39, 0.29) is 5.91 Å². The van der Waals surface area contributed by atoms with Crippen LogP contribution in [0.1, 0.15) is 39.5 Å². The molecule has 1 heterocycles. The van der Waals surface area contributed by atoms with Crippen molar-refractivity contribution in [2.75, 3.05) is 46.3 Å². The lowest BCUT2D eigenvalue weighted by atomic mass is 9.99. The summed E-state index contributed by atoms with van der Waals surface area (Å²) in [5, 5.41) is 3.43. The third kappa shape index (κ3) is 6.39. The van der Waals surface area contributed by atoms with E-state index in [0.29, 0.717) is 12.5 Å². The van der Waals surface area contributed by atoms with Crippen LogP contribution in [0.2, 0.25) is 0 Å². The zero-order valence-corrected chi connectivity index (χ0v) is 13.0. The topological polar surface area (TPSA) is 35.6 Å². The van der Waals surface area contributed by atoms with Crippen LogP contribution < -0.4 is 5.32 Å². The van der Waals surface area contributed by atoms with Crippen LogP contribution in [0, 0.1) is 5.92 Å². The zero-order valence-electron chi connectivity index (χ0n) is 13.0. The lowest BCUT2D eigenvalue weighted by Gasteiger charge is -2.29. The third-order valence-electron chi connectivity index (χ3n) is 3.71. The summed E-state index contributed by atoms with van der Waals surface area (Å²) in [6, 6.07) is 0. The number of likely N-dealkylation sites (N-methyl/N-ethyl adjacent to an activating group) is 1. The molecule has 0 aromatic carbocycles. The molecule has 1 atom stereocenters. The fraction of sp³-hybridized carbons (Fsp3) is 0.933. The van der Waals surface area contributed by atoms with E-state index in [1.54, 1.807) is 0 Å². The van der Waals surface area contributed by atoms with E-state index in [9.17, 15) is 4.79 Å². The minimum Gasteiger partial charge on any atom is -0.342 e. The van der Waals surface area contributed by atoms with Crippen molar-refractivity contribution in [3.63, 3.8) is 0 Å². The van der Waals surface area contributed by atoms with Crippen molar-refractivity contribution >= 4 is 5.91 Å². The number of amides is 1. The quantitative estimate of drug-likeness (QED) is 0.726. The van der Waals surface area contributed by atoms with E-state index in [0.717, 1.165) is 45.6 Å². The van der Waals surface area contributed by atoms with Gasteiger partial charge in [0.25, 0.3) is 0 Å². The normalized spacial score (nSPS) is 19.7. The molecule has 0 aromatic heterocycles. The van der Waals surface area contributed by atoms with E-state index < -0.39 is 0 Å². The molecule has 1 aliphatic rings. The Labute approximate surface area is 118 Å². The van der Waals surface area contributed by atoms with Crippen molar-refractivity contribution in [3.05, 3.63) is 0 Å². The monoisotopic (exact) mass is 269 g/mol. The molecular formula is C15H31N3O. The SMILES string of the molecule is CCCN(CCC)C(=O)CN(C)CC1CCCNC1. The predicted molar refractivity (Wildman–Crippen MR) is 80.3 cm³/mol. The van der Waals surface area contributed by atoms with E-state index >= 15 is 0 Å². The van der Waals surface area contributed by atoms with Crippen LogP contribution in [0.5, 0.6) is 0 Å². The molecule has 1 unspecified atom stereocenters. The van der Waals surface area contributed by atoms with Crippen LogP contribution in [0.25, 0.3) is 0 Å². The Morgan fingerprint density at radius 1 is 1.26 bits per heavy atom. The number of carbonyl (C=O) groups is 1. The summed E-state index contributed by atoms with van der Waals surface area (Å²) in [7, 11) is 2.07. The maximum Gasteiger partial charge on any atom is 0.236 e. The number of hydrogen-bond acceptors (Lipinski definition) is 3. The number of rotatable bonds is 8. The second kappa shape index (κ2) is 9.32. The molecule has 1 aliphatic heterocycles. The Hall–Kier alpha value is -0.610. The van der Waals surface area contributed by atoms with E-state index in [4.69, 9.17) is 0 Å². The van der Waals surface area contributed by atoms with Crippen LogP contribution in [0.3, 0.4) is 0 Å². The summed E-state index contributed by atoms with van der Waals surface area (Å²) in [6.45, 7) is 9.91. The highest BCUT2D eigenvalue weighted by Crippen LogP contribution is 2.11. The van der Waals surface area contributed by atoms with E-state index in [2.05, 4.69) is 31.1 Å². The molecule has 112 valence electrons. The summed E-state index contributed by atoms with van der Waals surface area (Å²) in [6.07, 6.45) is 4.65. The first-order valence-corrected chi connectivity index (χ1v) is 7.84. The summed E-state index contributed by atoms with van der Waals surface area (Å²) >= 11 is 0. The van der Waals surface area contributed by atoms with Crippen LogP contribution in [0.4, 0.5) is 0 Å². The fourth-order valence-corrected chi connectivity index (χ4v) is 2.82. The minimum atomic E-state index is 0.287. The highest BCUT2D eigenvalue weighted by atomic mass is 16.2. The Bertz CT molecular complexity index is 246. The maximum absolute atomic E-state index is 12.2. The van der Waals surface area contributed by atoms with Gasteiger partial charge in [0, 0.05) is 19.6 Å². The summed E-state index contributed by atoms with van der Waals surface area (Å²) < 4.78 is 0. The zero-order chi connectivity index (χ0) is 14.1. The van der Waals surface area contributed by atoms with Gasteiger partial charge in [-0.1, -0.05) is 13.8 Å². The molecule has 1 fully saturated rings. The molecule has 0 aliphatic carbocycles. The van der Waals surface area contributed by atoms with Gasteiger partial charge in [-0.05, 0) is 51.7 Å². The lowest BCUT2D eigenvalue weighted by Crippen LogP contribution is -2.43. The average Bonchev–Trinajstić information content (AvgIpc) is 2.39. The second-order valence-electron chi connectivity index (χ2n) is 5.79. The van der Waals surface area contributed by atoms with Gasteiger partial charge in [0.1, 0.15) is 0 Å². The van der Waals surface area contributed by atoms with Crippen LogP contribution in [0.15, 0.2) is 0 Å². The van der Waals surface area contributed by atoms with Gasteiger partial charge >= 0.3 is 0 Å². The second-order valence-corrected chi connectivity index (χ2v) is 5.79. The molecule has 4 heteroatoms. The molecule has 0 radical (unpaired) electrons. The maximum atomic E-state index is 12.2. The lowest BCUT2D eigenvalue weighted by molar-refractivity contribution is -0.132. The van der Waals surface area contributed by atoms with Crippen molar-refractivity contribution in [2.45, 2.75) is 39.5 Å². The molecule has 0 saturated carbocycles. The largest absolute Gasteiger partial charge is 0.342 e.